The first kappa shape index (κ1) is 14.1. The van der Waals surface area contributed by atoms with Crippen molar-refractivity contribution in [1.29, 1.82) is 0 Å². The van der Waals surface area contributed by atoms with Gasteiger partial charge >= 0.3 is 16.3 Å². The monoisotopic (exact) mass is 239 g/mol. The van der Waals surface area contributed by atoms with Gasteiger partial charge in [-0.1, -0.05) is 6.92 Å². The second-order valence-corrected chi connectivity index (χ2v) is 4.66. The van der Waals surface area contributed by atoms with Gasteiger partial charge in [-0.3, -0.25) is 0 Å². The highest BCUT2D eigenvalue weighted by Gasteiger charge is 2.20. The van der Waals surface area contributed by atoms with E-state index >= 15 is 0 Å². The van der Waals surface area contributed by atoms with Crippen LogP contribution in [0.3, 0.4) is 0 Å². The van der Waals surface area contributed by atoms with Crippen molar-refractivity contribution in [3.63, 3.8) is 0 Å². The Morgan fingerprint density at radius 1 is 1.47 bits per heavy atom. The van der Waals surface area contributed by atoms with Gasteiger partial charge in [-0.05, 0) is 19.4 Å². The van der Waals surface area contributed by atoms with E-state index in [2.05, 4.69) is 9.46 Å². The third kappa shape index (κ3) is 5.55. The summed E-state index contributed by atoms with van der Waals surface area (Å²) < 4.78 is 30.6. The number of hydrogen-bond acceptors (Lipinski definition) is 5. The number of methoxy groups -OCH3 is 1. The lowest BCUT2D eigenvalue weighted by Crippen LogP contribution is -2.47. The van der Waals surface area contributed by atoms with Crippen LogP contribution in [0, 0.1) is 5.92 Å². The van der Waals surface area contributed by atoms with Gasteiger partial charge in [0.05, 0.1) is 7.11 Å². The van der Waals surface area contributed by atoms with Crippen LogP contribution in [0.2, 0.25) is 0 Å². The summed E-state index contributed by atoms with van der Waals surface area (Å²) in [6.07, 6.45) is -1.03. The summed E-state index contributed by atoms with van der Waals surface area (Å²) in [5.74, 6) is -0.0285. The van der Waals surface area contributed by atoms with E-state index in [-0.39, 0.29) is 12.0 Å². The molecule has 2 unspecified atom stereocenters. The van der Waals surface area contributed by atoms with E-state index in [9.17, 15) is 13.2 Å². The summed E-state index contributed by atoms with van der Waals surface area (Å²) in [6.45, 7) is 3.81. The molecule has 0 aromatic carbocycles. The van der Waals surface area contributed by atoms with Crippen LogP contribution in [-0.2, 0) is 14.9 Å². The SMILES string of the molecule is COC(=O)NS(=O)(=O)NC(C)C(C)CN. The van der Waals surface area contributed by atoms with Crippen LogP contribution in [0.15, 0.2) is 0 Å². The van der Waals surface area contributed by atoms with Crippen molar-refractivity contribution in [2.75, 3.05) is 13.7 Å². The zero-order valence-corrected chi connectivity index (χ0v) is 9.80. The molecule has 1 amide bonds. The molecule has 0 heterocycles. The zero-order chi connectivity index (χ0) is 12.1. The average molecular weight is 239 g/mol. The van der Waals surface area contributed by atoms with Crippen LogP contribution in [-0.4, -0.2) is 34.2 Å². The van der Waals surface area contributed by atoms with Gasteiger partial charge in [0.25, 0.3) is 0 Å². The Morgan fingerprint density at radius 2 is 2.00 bits per heavy atom. The van der Waals surface area contributed by atoms with E-state index in [1.165, 1.54) is 0 Å². The number of nitrogens with two attached hydrogens (primary N) is 1. The van der Waals surface area contributed by atoms with Gasteiger partial charge < -0.3 is 10.5 Å². The third-order valence-corrected chi connectivity index (χ3v) is 3.09. The van der Waals surface area contributed by atoms with Crippen LogP contribution in [0.5, 0.6) is 0 Å². The van der Waals surface area contributed by atoms with E-state index in [1.807, 2.05) is 0 Å². The molecule has 0 rings (SSSR count). The fourth-order valence-corrected chi connectivity index (χ4v) is 1.83. The second-order valence-electron chi connectivity index (χ2n) is 3.22. The van der Waals surface area contributed by atoms with Crippen LogP contribution < -0.4 is 15.2 Å². The van der Waals surface area contributed by atoms with Crippen LogP contribution >= 0.6 is 0 Å². The van der Waals surface area contributed by atoms with Crippen molar-refractivity contribution in [3.05, 3.63) is 0 Å². The molecular formula is C7H17N3O4S. The molecular weight excluding hydrogens is 222 g/mol. The molecule has 0 bridgehead atoms. The van der Waals surface area contributed by atoms with E-state index in [0.29, 0.717) is 6.54 Å². The topological polar surface area (TPSA) is 111 Å². The fraction of sp³-hybridized carbons (Fsp3) is 0.857. The molecule has 0 aromatic rings. The smallest absolute Gasteiger partial charge is 0.421 e. The lowest BCUT2D eigenvalue weighted by molar-refractivity contribution is 0.177. The second kappa shape index (κ2) is 5.89. The zero-order valence-electron chi connectivity index (χ0n) is 8.98. The maximum Gasteiger partial charge on any atom is 0.421 e. The lowest BCUT2D eigenvalue weighted by atomic mass is 10.1. The highest BCUT2D eigenvalue weighted by molar-refractivity contribution is 7.88. The Morgan fingerprint density at radius 3 is 2.40 bits per heavy atom. The van der Waals surface area contributed by atoms with Gasteiger partial charge in [0.1, 0.15) is 0 Å². The summed E-state index contributed by atoms with van der Waals surface area (Å²) >= 11 is 0. The molecule has 0 saturated heterocycles. The molecule has 0 fully saturated rings. The Labute approximate surface area is 89.5 Å². The molecule has 8 heteroatoms. The highest BCUT2D eigenvalue weighted by Crippen LogP contribution is 2.00. The summed E-state index contributed by atoms with van der Waals surface area (Å²) in [7, 11) is -2.80. The number of amides is 1. The highest BCUT2D eigenvalue weighted by atomic mass is 32.2. The molecule has 15 heavy (non-hydrogen) atoms. The minimum absolute atomic E-state index is 0.0285. The summed E-state index contributed by atoms with van der Waals surface area (Å²) in [6, 6.07) is -0.364. The van der Waals surface area contributed by atoms with Crippen molar-refractivity contribution in [1.82, 2.24) is 9.44 Å². The minimum atomic E-state index is -3.88. The Kier molecular flexibility index (Phi) is 5.55. The van der Waals surface area contributed by atoms with Crippen molar-refractivity contribution in [2.24, 2.45) is 11.7 Å². The maximum absolute atomic E-state index is 11.3. The molecule has 0 aliphatic rings. The number of carbonyl (C=O) groups excluding carboxylic acids is 1. The molecule has 4 N–H and O–H groups in total. The lowest BCUT2D eigenvalue weighted by Gasteiger charge is -2.19. The molecule has 2 atom stereocenters. The van der Waals surface area contributed by atoms with Crippen molar-refractivity contribution < 1.29 is 17.9 Å². The quantitative estimate of drug-likeness (QED) is 0.579. The molecule has 0 aliphatic heterocycles. The Balaban J connectivity index is 4.32. The van der Waals surface area contributed by atoms with E-state index in [4.69, 9.17) is 5.73 Å². The minimum Gasteiger partial charge on any atom is -0.452 e. The van der Waals surface area contributed by atoms with Gasteiger partial charge in [0.15, 0.2) is 0 Å². The van der Waals surface area contributed by atoms with Crippen molar-refractivity contribution >= 4 is 16.3 Å². The summed E-state index contributed by atoms with van der Waals surface area (Å²) in [5, 5.41) is 0. The molecule has 0 saturated carbocycles. The largest absolute Gasteiger partial charge is 0.452 e. The van der Waals surface area contributed by atoms with Gasteiger partial charge in [-0.25, -0.2) is 9.52 Å². The van der Waals surface area contributed by atoms with Crippen molar-refractivity contribution in [3.8, 4) is 0 Å². The van der Waals surface area contributed by atoms with Crippen LogP contribution in [0.1, 0.15) is 13.8 Å². The van der Waals surface area contributed by atoms with E-state index < -0.39 is 16.3 Å². The van der Waals surface area contributed by atoms with E-state index in [0.717, 1.165) is 7.11 Å². The predicted octanol–water partition coefficient (Wildman–Crippen LogP) is -0.840. The number of rotatable bonds is 5. The molecule has 0 spiro atoms. The van der Waals surface area contributed by atoms with E-state index in [1.54, 1.807) is 18.6 Å². The van der Waals surface area contributed by atoms with Gasteiger partial charge in [-0.2, -0.15) is 13.1 Å². The van der Waals surface area contributed by atoms with Crippen LogP contribution in [0.25, 0.3) is 0 Å². The van der Waals surface area contributed by atoms with Gasteiger partial charge in [0.2, 0.25) is 0 Å². The number of ether oxygens (including phenoxy) is 1. The molecule has 7 nitrogen and oxygen atoms in total. The molecule has 0 aromatic heterocycles. The number of hydrogen-bond donors (Lipinski definition) is 3. The number of carbonyl (C=O) groups is 1. The van der Waals surface area contributed by atoms with Gasteiger partial charge in [0, 0.05) is 6.04 Å². The first-order chi connectivity index (χ1) is 6.82. The third-order valence-electron chi connectivity index (χ3n) is 1.97. The first-order valence-corrected chi connectivity index (χ1v) is 5.88. The standard InChI is InChI=1S/C7H17N3O4S/c1-5(4-8)6(2)9-15(12,13)10-7(11)14-3/h5-6,9H,4,8H2,1-3H3,(H,10,11). The predicted molar refractivity (Wildman–Crippen MR) is 55.3 cm³/mol. The molecule has 0 radical (unpaired) electrons. The Hall–Kier alpha value is -0.860. The average Bonchev–Trinajstić information content (AvgIpc) is 2.14. The Bertz CT molecular complexity index is 303. The summed E-state index contributed by atoms with van der Waals surface area (Å²) in [4.78, 5) is 10.7. The summed E-state index contributed by atoms with van der Waals surface area (Å²) in [5.41, 5.74) is 5.37. The molecule has 0 aliphatic carbocycles. The van der Waals surface area contributed by atoms with Crippen LogP contribution in [0.4, 0.5) is 4.79 Å². The van der Waals surface area contributed by atoms with Gasteiger partial charge in [-0.15, -0.1) is 0 Å². The normalized spacial score (nSPS) is 15.5. The van der Waals surface area contributed by atoms with Crippen molar-refractivity contribution in [2.45, 2.75) is 19.9 Å². The number of nitrogens with one attached hydrogen (secondary N) is 2. The first-order valence-electron chi connectivity index (χ1n) is 4.40. The maximum atomic E-state index is 11.3. The molecule has 90 valence electrons. The fourth-order valence-electron chi connectivity index (χ4n) is 0.746.